The topological polar surface area (TPSA) is 46.9 Å². The van der Waals surface area contributed by atoms with Gasteiger partial charge in [-0.3, -0.25) is 4.79 Å². The third kappa shape index (κ3) is 3.68. The molecule has 2 rings (SSSR count). The molecular formula is C12H19N3O. The van der Waals surface area contributed by atoms with Crippen molar-refractivity contribution in [3.05, 3.63) is 18.7 Å². The lowest BCUT2D eigenvalue weighted by atomic mass is 10.2. The Hall–Kier alpha value is -1.32. The quantitative estimate of drug-likeness (QED) is 0.711. The van der Waals surface area contributed by atoms with E-state index in [-0.39, 0.29) is 5.91 Å². The van der Waals surface area contributed by atoms with E-state index >= 15 is 0 Å². The number of aromatic nitrogens is 2. The molecule has 1 aliphatic carbocycles. The van der Waals surface area contributed by atoms with Crippen molar-refractivity contribution >= 4 is 5.91 Å². The number of hydrogen-bond acceptors (Lipinski definition) is 2. The molecule has 1 aromatic rings. The molecule has 1 saturated carbocycles. The van der Waals surface area contributed by atoms with Crippen molar-refractivity contribution in [3.8, 4) is 0 Å². The molecule has 0 saturated heterocycles. The summed E-state index contributed by atoms with van der Waals surface area (Å²) < 4.78 is 2.09. The highest BCUT2D eigenvalue weighted by atomic mass is 16.2. The van der Waals surface area contributed by atoms with Crippen molar-refractivity contribution in [2.45, 2.75) is 38.6 Å². The van der Waals surface area contributed by atoms with Gasteiger partial charge in [-0.25, -0.2) is 4.98 Å². The Bertz CT molecular complexity index is 317. The van der Waals surface area contributed by atoms with E-state index in [2.05, 4.69) is 14.9 Å². The molecule has 16 heavy (non-hydrogen) atoms. The van der Waals surface area contributed by atoms with Crippen LogP contribution in [0.5, 0.6) is 0 Å². The van der Waals surface area contributed by atoms with Crippen molar-refractivity contribution in [3.63, 3.8) is 0 Å². The number of unbranched alkanes of at least 4 members (excludes halogenated alkanes) is 2. The van der Waals surface area contributed by atoms with Gasteiger partial charge in [-0.2, -0.15) is 0 Å². The highest BCUT2D eigenvalue weighted by Crippen LogP contribution is 2.28. The molecule has 1 heterocycles. The lowest BCUT2D eigenvalue weighted by Gasteiger charge is -2.04. The molecule has 0 aromatic carbocycles. The molecule has 1 aliphatic rings. The van der Waals surface area contributed by atoms with E-state index in [9.17, 15) is 4.79 Å². The third-order valence-electron chi connectivity index (χ3n) is 2.90. The SMILES string of the molecule is O=C(NCCCCCn1ccnc1)C1CC1. The maximum atomic E-state index is 11.3. The van der Waals surface area contributed by atoms with Crippen molar-refractivity contribution in [1.29, 1.82) is 0 Å². The van der Waals surface area contributed by atoms with Gasteiger partial charge >= 0.3 is 0 Å². The molecule has 0 atom stereocenters. The van der Waals surface area contributed by atoms with Gasteiger partial charge in [0, 0.05) is 31.4 Å². The lowest BCUT2D eigenvalue weighted by molar-refractivity contribution is -0.122. The van der Waals surface area contributed by atoms with Gasteiger partial charge in [0.05, 0.1) is 6.33 Å². The summed E-state index contributed by atoms with van der Waals surface area (Å²) in [5.41, 5.74) is 0. The van der Waals surface area contributed by atoms with Crippen LogP contribution in [0.2, 0.25) is 0 Å². The maximum absolute atomic E-state index is 11.3. The minimum absolute atomic E-state index is 0.259. The van der Waals surface area contributed by atoms with Crippen LogP contribution < -0.4 is 5.32 Å². The highest BCUT2D eigenvalue weighted by molar-refractivity contribution is 5.80. The van der Waals surface area contributed by atoms with Crippen molar-refractivity contribution < 1.29 is 4.79 Å². The number of rotatable bonds is 7. The second-order valence-electron chi connectivity index (χ2n) is 4.43. The maximum Gasteiger partial charge on any atom is 0.223 e. The minimum Gasteiger partial charge on any atom is -0.356 e. The molecule has 4 heteroatoms. The molecule has 1 amide bonds. The first-order valence-electron chi connectivity index (χ1n) is 6.10. The summed E-state index contributed by atoms with van der Waals surface area (Å²) in [6.07, 6.45) is 11.2. The summed E-state index contributed by atoms with van der Waals surface area (Å²) in [6, 6.07) is 0. The zero-order chi connectivity index (χ0) is 11.2. The van der Waals surface area contributed by atoms with Crippen LogP contribution in [0, 0.1) is 5.92 Å². The second kappa shape index (κ2) is 5.68. The first kappa shape index (κ1) is 11.2. The summed E-state index contributed by atoms with van der Waals surface area (Å²) in [5, 5.41) is 2.98. The van der Waals surface area contributed by atoms with Crippen molar-refractivity contribution in [2.24, 2.45) is 5.92 Å². The number of carbonyl (C=O) groups is 1. The van der Waals surface area contributed by atoms with Gasteiger partial charge in [0.25, 0.3) is 0 Å². The number of amides is 1. The molecule has 0 unspecified atom stereocenters. The molecule has 1 fully saturated rings. The molecule has 1 N–H and O–H groups in total. The number of hydrogen-bond donors (Lipinski definition) is 1. The minimum atomic E-state index is 0.259. The molecule has 0 radical (unpaired) electrons. The Balaban J connectivity index is 1.44. The van der Waals surface area contributed by atoms with Crippen LogP contribution in [0.4, 0.5) is 0 Å². The summed E-state index contributed by atoms with van der Waals surface area (Å²) in [4.78, 5) is 15.3. The fourth-order valence-corrected chi connectivity index (χ4v) is 1.72. The number of nitrogens with zero attached hydrogens (tertiary/aromatic N) is 2. The molecule has 1 aromatic heterocycles. The molecule has 88 valence electrons. The average molecular weight is 221 g/mol. The van der Waals surface area contributed by atoms with Crippen LogP contribution in [0.15, 0.2) is 18.7 Å². The number of imidazole rings is 1. The van der Waals surface area contributed by atoms with Gasteiger partial charge in [-0.05, 0) is 32.1 Å². The van der Waals surface area contributed by atoms with Gasteiger partial charge in [0.2, 0.25) is 5.91 Å². The van der Waals surface area contributed by atoms with E-state index in [1.807, 2.05) is 12.5 Å². The lowest BCUT2D eigenvalue weighted by Crippen LogP contribution is -2.25. The predicted octanol–water partition coefficient (Wildman–Crippen LogP) is 1.58. The fourth-order valence-electron chi connectivity index (χ4n) is 1.72. The summed E-state index contributed by atoms with van der Waals surface area (Å²) in [5.74, 6) is 0.598. The van der Waals surface area contributed by atoms with E-state index in [0.29, 0.717) is 5.92 Å². The van der Waals surface area contributed by atoms with Gasteiger partial charge in [0.15, 0.2) is 0 Å². The molecular weight excluding hydrogens is 202 g/mol. The highest BCUT2D eigenvalue weighted by Gasteiger charge is 2.28. The largest absolute Gasteiger partial charge is 0.356 e. The number of carbonyl (C=O) groups excluding carboxylic acids is 1. The standard InChI is InChI=1S/C12H19N3O/c16-12(11-4-5-11)14-6-2-1-3-8-15-9-7-13-10-15/h7,9-11H,1-6,8H2,(H,14,16). The van der Waals surface area contributed by atoms with Gasteiger partial charge < -0.3 is 9.88 Å². The Kier molecular flexibility index (Phi) is 3.97. The van der Waals surface area contributed by atoms with Crippen LogP contribution in [0.3, 0.4) is 0 Å². The first-order chi connectivity index (χ1) is 7.86. The third-order valence-corrected chi connectivity index (χ3v) is 2.90. The van der Waals surface area contributed by atoms with E-state index in [4.69, 9.17) is 0 Å². The monoisotopic (exact) mass is 221 g/mol. The van der Waals surface area contributed by atoms with Gasteiger partial charge in [-0.15, -0.1) is 0 Å². The zero-order valence-electron chi connectivity index (χ0n) is 9.56. The molecule has 0 aliphatic heterocycles. The molecule has 0 bridgehead atoms. The van der Waals surface area contributed by atoms with E-state index < -0.39 is 0 Å². The van der Waals surface area contributed by atoms with Crippen LogP contribution in [-0.4, -0.2) is 22.0 Å². The van der Waals surface area contributed by atoms with Crippen molar-refractivity contribution in [1.82, 2.24) is 14.9 Å². The first-order valence-corrected chi connectivity index (χ1v) is 6.10. The van der Waals surface area contributed by atoms with E-state index in [1.165, 1.54) is 0 Å². The second-order valence-corrected chi connectivity index (χ2v) is 4.43. The predicted molar refractivity (Wildman–Crippen MR) is 61.8 cm³/mol. The fraction of sp³-hybridized carbons (Fsp3) is 0.667. The van der Waals surface area contributed by atoms with Crippen LogP contribution >= 0.6 is 0 Å². The summed E-state index contributed by atoms with van der Waals surface area (Å²) in [7, 11) is 0. The molecule has 0 spiro atoms. The van der Waals surface area contributed by atoms with E-state index in [1.54, 1.807) is 6.20 Å². The summed E-state index contributed by atoms with van der Waals surface area (Å²) in [6.45, 7) is 1.86. The zero-order valence-corrected chi connectivity index (χ0v) is 9.56. The Labute approximate surface area is 96.1 Å². The Morgan fingerprint density at radius 2 is 2.25 bits per heavy atom. The Morgan fingerprint density at radius 3 is 2.94 bits per heavy atom. The normalized spacial score (nSPS) is 15.0. The average Bonchev–Trinajstić information content (AvgIpc) is 3.02. The molecule has 4 nitrogen and oxygen atoms in total. The number of aryl methyl sites for hydroxylation is 1. The van der Waals surface area contributed by atoms with Gasteiger partial charge in [0.1, 0.15) is 0 Å². The Morgan fingerprint density at radius 1 is 1.38 bits per heavy atom. The summed E-state index contributed by atoms with van der Waals surface area (Å²) >= 11 is 0. The van der Waals surface area contributed by atoms with E-state index in [0.717, 1.165) is 45.2 Å². The van der Waals surface area contributed by atoms with Crippen LogP contribution in [0.1, 0.15) is 32.1 Å². The van der Waals surface area contributed by atoms with Crippen molar-refractivity contribution in [2.75, 3.05) is 6.54 Å². The number of nitrogens with one attached hydrogen (secondary N) is 1. The van der Waals surface area contributed by atoms with Crippen LogP contribution in [0.25, 0.3) is 0 Å². The van der Waals surface area contributed by atoms with Crippen LogP contribution in [-0.2, 0) is 11.3 Å². The smallest absolute Gasteiger partial charge is 0.223 e. The van der Waals surface area contributed by atoms with Gasteiger partial charge in [-0.1, -0.05) is 0 Å².